The highest BCUT2D eigenvalue weighted by atomic mass is 15.3. The average Bonchev–Trinajstić information content (AvgIpc) is 3.48. The van der Waals surface area contributed by atoms with Gasteiger partial charge in [-0.15, -0.1) is 0 Å². The first-order valence-electron chi connectivity index (χ1n) is 10.6. The van der Waals surface area contributed by atoms with Crippen LogP contribution >= 0.6 is 0 Å². The molecule has 0 amide bonds. The Hall–Kier alpha value is -2.17. The van der Waals surface area contributed by atoms with E-state index in [1.165, 1.54) is 49.3 Å². The second-order valence-electron chi connectivity index (χ2n) is 8.66. The van der Waals surface area contributed by atoms with Gasteiger partial charge in [-0.2, -0.15) is 5.10 Å². The minimum absolute atomic E-state index is 0.764. The number of hydrogen-bond acceptors (Lipinski definition) is 3. The van der Waals surface area contributed by atoms with Crippen LogP contribution in [0.5, 0.6) is 0 Å². The normalized spacial score (nSPS) is 30.3. The summed E-state index contributed by atoms with van der Waals surface area (Å²) in [6, 6.07) is 12.9. The Kier molecular flexibility index (Phi) is 4.91. The molecule has 4 heteroatoms. The molecule has 6 rings (SSSR count). The summed E-state index contributed by atoms with van der Waals surface area (Å²) in [7, 11) is 2.02. The second kappa shape index (κ2) is 7.69. The molecule has 1 aromatic heterocycles. The summed E-state index contributed by atoms with van der Waals surface area (Å²) in [6.45, 7) is 4.73. The van der Waals surface area contributed by atoms with Gasteiger partial charge in [0.1, 0.15) is 0 Å². The molecule has 4 atom stereocenters. The topological polar surface area (TPSA) is 41.9 Å². The molecule has 0 spiro atoms. The number of nitrogens with zero attached hydrogens (tertiary/aromatic N) is 2. The summed E-state index contributed by atoms with van der Waals surface area (Å²) in [6.07, 6.45) is 9.27. The van der Waals surface area contributed by atoms with E-state index in [0.29, 0.717) is 0 Å². The van der Waals surface area contributed by atoms with Gasteiger partial charge in [0.15, 0.2) is 0 Å². The largest absolute Gasteiger partial charge is 0.316 e. The van der Waals surface area contributed by atoms with Crippen molar-refractivity contribution in [2.75, 3.05) is 26.2 Å². The van der Waals surface area contributed by atoms with Gasteiger partial charge in [-0.1, -0.05) is 42.5 Å². The number of nitrogens with one attached hydrogen (secondary N) is 2. The standard InChI is InChI=1S/C13H15N.C11H15N3/c1-2-4-10(5-3-1)11-6-12-8-14-9-13(12)7-11;1-14-11(2-3-13-14)8-4-9-6-12-7-10(9)5-8/h1-6,12-14H,7-9H2;2-4,9-10,12H,5-7H2,1H3/t12-,13+;/m0./s1. The van der Waals surface area contributed by atoms with E-state index in [0.717, 1.165) is 30.2 Å². The van der Waals surface area contributed by atoms with Crippen molar-refractivity contribution >= 4 is 11.1 Å². The molecule has 2 aliphatic heterocycles. The zero-order valence-electron chi connectivity index (χ0n) is 16.6. The van der Waals surface area contributed by atoms with Crippen molar-refractivity contribution in [1.29, 1.82) is 0 Å². The number of rotatable bonds is 2. The highest BCUT2D eigenvalue weighted by Crippen LogP contribution is 2.38. The predicted molar refractivity (Wildman–Crippen MR) is 115 cm³/mol. The van der Waals surface area contributed by atoms with Gasteiger partial charge in [0.2, 0.25) is 0 Å². The number of aromatic nitrogens is 2. The summed E-state index contributed by atoms with van der Waals surface area (Å²) >= 11 is 0. The first-order valence-corrected chi connectivity index (χ1v) is 10.6. The lowest BCUT2D eigenvalue weighted by molar-refractivity contribution is 0.535. The van der Waals surface area contributed by atoms with Crippen molar-refractivity contribution in [3.63, 3.8) is 0 Å². The summed E-state index contributed by atoms with van der Waals surface area (Å²) < 4.78 is 1.97. The third-order valence-electron chi connectivity index (χ3n) is 6.87. The van der Waals surface area contributed by atoms with Crippen molar-refractivity contribution in [2.45, 2.75) is 12.8 Å². The average molecular weight is 375 g/mol. The monoisotopic (exact) mass is 374 g/mol. The minimum atomic E-state index is 0.764. The van der Waals surface area contributed by atoms with Gasteiger partial charge in [0, 0.05) is 26.3 Å². The van der Waals surface area contributed by atoms with Crippen LogP contribution in [0.4, 0.5) is 0 Å². The Morgan fingerprint density at radius 1 is 0.821 bits per heavy atom. The van der Waals surface area contributed by atoms with Crippen LogP contribution in [0.2, 0.25) is 0 Å². The van der Waals surface area contributed by atoms with Crippen molar-refractivity contribution in [2.24, 2.45) is 30.7 Å². The van der Waals surface area contributed by atoms with E-state index in [1.807, 2.05) is 17.9 Å². The smallest absolute Gasteiger partial charge is 0.0635 e. The predicted octanol–water partition coefficient (Wildman–Crippen LogP) is 3.35. The lowest BCUT2D eigenvalue weighted by Gasteiger charge is -2.06. The third kappa shape index (κ3) is 3.47. The minimum Gasteiger partial charge on any atom is -0.316 e. The molecule has 0 bridgehead atoms. The molecule has 1 aromatic carbocycles. The van der Waals surface area contributed by atoms with Crippen LogP contribution in [0.3, 0.4) is 0 Å². The van der Waals surface area contributed by atoms with Crippen LogP contribution in [-0.2, 0) is 7.05 Å². The highest BCUT2D eigenvalue weighted by Gasteiger charge is 2.33. The molecule has 2 aromatic rings. The number of allylic oxidation sites excluding steroid dienone is 2. The molecule has 0 radical (unpaired) electrons. The number of benzene rings is 1. The third-order valence-corrected chi connectivity index (χ3v) is 6.87. The number of aryl methyl sites for hydroxylation is 1. The maximum atomic E-state index is 4.22. The van der Waals surface area contributed by atoms with Crippen molar-refractivity contribution in [1.82, 2.24) is 20.4 Å². The van der Waals surface area contributed by atoms with Gasteiger partial charge in [-0.05, 0) is 72.4 Å². The van der Waals surface area contributed by atoms with Crippen molar-refractivity contribution < 1.29 is 0 Å². The SMILES string of the molecule is C1=C(c2ccccc2)C[C@@H]2CNC[C@H]12.Cn1nccc1C1=CC2CNCC2C1. The van der Waals surface area contributed by atoms with Crippen LogP contribution in [0.15, 0.2) is 54.7 Å². The van der Waals surface area contributed by atoms with Gasteiger partial charge in [-0.25, -0.2) is 0 Å². The molecular weight excluding hydrogens is 344 g/mol. The fourth-order valence-electron chi connectivity index (χ4n) is 5.31. The van der Waals surface area contributed by atoms with E-state index in [4.69, 9.17) is 0 Å². The van der Waals surface area contributed by atoms with Crippen molar-refractivity contribution in [3.05, 3.63) is 66.0 Å². The lowest BCUT2D eigenvalue weighted by Crippen LogP contribution is -2.09. The first kappa shape index (κ1) is 17.9. The molecule has 3 heterocycles. The fraction of sp³-hybridized carbons (Fsp3) is 0.458. The number of hydrogen-bond donors (Lipinski definition) is 2. The molecule has 2 saturated heterocycles. The summed E-state index contributed by atoms with van der Waals surface area (Å²) in [5.74, 6) is 3.26. The molecule has 2 N–H and O–H groups in total. The van der Waals surface area contributed by atoms with Gasteiger partial charge < -0.3 is 10.6 Å². The Bertz CT molecular complexity index is 879. The molecule has 28 heavy (non-hydrogen) atoms. The van der Waals surface area contributed by atoms with Gasteiger partial charge in [-0.3, -0.25) is 4.68 Å². The molecule has 4 nitrogen and oxygen atoms in total. The molecule has 2 fully saturated rings. The Morgan fingerprint density at radius 3 is 2.07 bits per heavy atom. The summed E-state index contributed by atoms with van der Waals surface area (Å²) in [5, 5.41) is 11.1. The first-order chi connectivity index (χ1) is 13.8. The van der Waals surface area contributed by atoms with Crippen molar-refractivity contribution in [3.8, 4) is 0 Å². The second-order valence-corrected chi connectivity index (χ2v) is 8.66. The lowest BCUT2D eigenvalue weighted by atomic mass is 9.98. The van der Waals surface area contributed by atoms with E-state index >= 15 is 0 Å². The Balaban J connectivity index is 0.000000122. The number of fused-ring (bicyclic) bond motifs is 2. The van der Waals surface area contributed by atoms with Crippen LogP contribution in [0.1, 0.15) is 24.1 Å². The zero-order valence-corrected chi connectivity index (χ0v) is 16.6. The fourth-order valence-corrected chi connectivity index (χ4v) is 5.31. The quantitative estimate of drug-likeness (QED) is 0.847. The van der Waals surface area contributed by atoms with E-state index in [-0.39, 0.29) is 0 Å². The summed E-state index contributed by atoms with van der Waals surface area (Å²) in [4.78, 5) is 0. The molecule has 146 valence electrons. The van der Waals surface area contributed by atoms with Crippen LogP contribution in [0.25, 0.3) is 11.1 Å². The maximum absolute atomic E-state index is 4.22. The molecule has 2 unspecified atom stereocenters. The molecule has 2 aliphatic carbocycles. The summed E-state index contributed by atoms with van der Waals surface area (Å²) in [5.41, 5.74) is 5.75. The van der Waals surface area contributed by atoms with Crippen LogP contribution in [-0.4, -0.2) is 36.0 Å². The maximum Gasteiger partial charge on any atom is 0.0635 e. The van der Waals surface area contributed by atoms with Gasteiger partial charge >= 0.3 is 0 Å². The van der Waals surface area contributed by atoms with E-state index in [1.54, 1.807) is 5.57 Å². The molecule has 0 saturated carbocycles. The van der Waals surface area contributed by atoms with Gasteiger partial charge in [0.05, 0.1) is 5.69 Å². The van der Waals surface area contributed by atoms with E-state index in [2.05, 4.69) is 64.3 Å². The van der Waals surface area contributed by atoms with Gasteiger partial charge in [0.25, 0.3) is 0 Å². The Labute approximate surface area is 167 Å². The van der Waals surface area contributed by atoms with E-state index in [9.17, 15) is 0 Å². The zero-order chi connectivity index (χ0) is 18.9. The molecular formula is C24H30N4. The van der Waals surface area contributed by atoms with Crippen LogP contribution < -0.4 is 10.6 Å². The Morgan fingerprint density at radius 2 is 1.46 bits per heavy atom. The highest BCUT2D eigenvalue weighted by molar-refractivity contribution is 5.68. The van der Waals surface area contributed by atoms with Crippen LogP contribution in [0, 0.1) is 23.7 Å². The molecule has 4 aliphatic rings. The van der Waals surface area contributed by atoms with E-state index < -0.39 is 0 Å².